The minimum Gasteiger partial charge on any atom is -0.310 e. The second-order valence-corrected chi connectivity index (χ2v) is 21.1. The number of nitrogens with zero attached hydrogens (tertiary/aromatic N) is 1. The number of benzene rings is 9. The van der Waals surface area contributed by atoms with E-state index < -0.39 is 5.41 Å². The fourth-order valence-corrected chi connectivity index (χ4v) is 12.3. The van der Waals surface area contributed by atoms with E-state index >= 15 is 0 Å². The van der Waals surface area contributed by atoms with Crippen molar-refractivity contribution in [2.75, 3.05) is 4.90 Å². The molecule has 3 aliphatic carbocycles. The number of hydrogen-bond acceptors (Lipinski definition) is 1. The average Bonchev–Trinajstić information content (AvgIpc) is 3.78. The largest absolute Gasteiger partial charge is 0.310 e. The van der Waals surface area contributed by atoms with Crippen molar-refractivity contribution in [2.24, 2.45) is 0 Å². The van der Waals surface area contributed by atoms with E-state index in [9.17, 15) is 0 Å². The van der Waals surface area contributed by atoms with Crippen molar-refractivity contribution in [2.45, 2.75) is 76.0 Å². The number of rotatable bonds is 7. The van der Waals surface area contributed by atoms with Crippen LogP contribution in [-0.4, -0.2) is 0 Å². The van der Waals surface area contributed by atoms with Gasteiger partial charge in [-0.3, -0.25) is 0 Å². The maximum Gasteiger partial charge on any atom is 0.0714 e. The third-order valence-electron chi connectivity index (χ3n) is 16.0. The highest BCUT2D eigenvalue weighted by molar-refractivity contribution is 5.97. The van der Waals surface area contributed by atoms with E-state index in [2.05, 4.69) is 259 Å². The Morgan fingerprint density at radius 2 is 0.821 bits per heavy atom. The molecule has 326 valence electrons. The van der Waals surface area contributed by atoms with Crippen molar-refractivity contribution in [3.05, 3.63) is 257 Å². The van der Waals surface area contributed by atoms with Gasteiger partial charge in [-0.05, 0) is 144 Å². The molecule has 0 spiro atoms. The van der Waals surface area contributed by atoms with E-state index in [0.29, 0.717) is 0 Å². The molecule has 0 fully saturated rings. The molecule has 0 amide bonds. The number of hydrogen-bond donors (Lipinski definition) is 0. The van der Waals surface area contributed by atoms with Gasteiger partial charge >= 0.3 is 0 Å². The smallest absolute Gasteiger partial charge is 0.0714 e. The third-order valence-corrected chi connectivity index (χ3v) is 16.0. The maximum absolute atomic E-state index is 2.58. The third kappa shape index (κ3) is 6.28. The fourth-order valence-electron chi connectivity index (χ4n) is 12.3. The summed E-state index contributed by atoms with van der Waals surface area (Å²) in [4.78, 5) is 2.57. The molecule has 0 heterocycles. The lowest BCUT2D eigenvalue weighted by Gasteiger charge is -2.42. The lowest BCUT2D eigenvalue weighted by Crippen LogP contribution is -2.33. The summed E-state index contributed by atoms with van der Waals surface area (Å²) in [6.45, 7) is 14.5. The molecule has 0 atom stereocenters. The highest BCUT2D eigenvalue weighted by Crippen LogP contribution is 2.60. The van der Waals surface area contributed by atoms with Crippen LogP contribution < -0.4 is 4.90 Å². The van der Waals surface area contributed by atoms with Crippen LogP contribution in [0.15, 0.2) is 212 Å². The summed E-state index contributed by atoms with van der Waals surface area (Å²) in [5.74, 6) is 0. The Hall–Kier alpha value is -7.22. The molecule has 0 unspecified atom stereocenters. The van der Waals surface area contributed by atoms with Crippen LogP contribution in [-0.2, 0) is 21.7 Å². The summed E-state index contributed by atoms with van der Waals surface area (Å²) in [6, 6.07) is 80.4. The zero-order valence-corrected chi connectivity index (χ0v) is 39.6. The van der Waals surface area contributed by atoms with E-state index in [1.165, 1.54) is 95.4 Å². The fraction of sp³-hybridized carbons (Fsp3) is 0.182. The lowest BCUT2D eigenvalue weighted by molar-refractivity contribution is 0.332. The summed E-state index contributed by atoms with van der Waals surface area (Å²) < 4.78 is 0. The standard InChI is InChI=1S/C66H57N/c1-63(2)38-39-64(3,4)61-40-46(32-37-58(61)63)54-42-55-52-27-17-19-29-57(52)66(47-22-12-8-13-23-47,48-24-14-9-15-25-48)60(55)43-62(54)67(49-33-30-45(31-34-49)44-20-10-7-11-21-44)50-35-36-53-51-26-16-18-28-56(51)65(5,6)59(53)41-50/h7-37,40-43H,38-39H2,1-6H3. The van der Waals surface area contributed by atoms with Gasteiger partial charge in [-0.15, -0.1) is 0 Å². The van der Waals surface area contributed by atoms with E-state index in [-0.39, 0.29) is 16.2 Å². The molecule has 3 aliphatic rings. The van der Waals surface area contributed by atoms with Gasteiger partial charge < -0.3 is 4.90 Å². The summed E-state index contributed by atoms with van der Waals surface area (Å²) in [5, 5.41) is 0. The summed E-state index contributed by atoms with van der Waals surface area (Å²) in [7, 11) is 0. The number of anilines is 3. The van der Waals surface area contributed by atoms with Crippen molar-refractivity contribution < 1.29 is 0 Å². The van der Waals surface area contributed by atoms with Crippen molar-refractivity contribution in [3.8, 4) is 44.5 Å². The molecule has 0 aromatic heterocycles. The van der Waals surface area contributed by atoms with Crippen molar-refractivity contribution in [1.29, 1.82) is 0 Å². The van der Waals surface area contributed by atoms with Crippen LogP contribution in [0.4, 0.5) is 17.1 Å². The van der Waals surface area contributed by atoms with Gasteiger partial charge in [0.2, 0.25) is 0 Å². The van der Waals surface area contributed by atoms with Gasteiger partial charge in [0.25, 0.3) is 0 Å². The Labute approximate surface area is 397 Å². The molecule has 9 aromatic rings. The zero-order valence-electron chi connectivity index (χ0n) is 39.6. The Balaban J connectivity index is 1.19. The molecule has 0 radical (unpaired) electrons. The predicted molar refractivity (Wildman–Crippen MR) is 282 cm³/mol. The van der Waals surface area contributed by atoms with Crippen LogP contribution in [0.3, 0.4) is 0 Å². The Morgan fingerprint density at radius 1 is 0.313 bits per heavy atom. The molecule has 1 heteroatoms. The van der Waals surface area contributed by atoms with Gasteiger partial charge in [0.15, 0.2) is 0 Å². The van der Waals surface area contributed by atoms with Gasteiger partial charge in [0.05, 0.1) is 11.1 Å². The topological polar surface area (TPSA) is 3.24 Å². The van der Waals surface area contributed by atoms with Gasteiger partial charge in [-0.1, -0.05) is 217 Å². The molecule has 12 rings (SSSR count). The molecule has 0 aliphatic heterocycles. The highest BCUT2D eigenvalue weighted by atomic mass is 15.1. The molecule has 1 nitrogen and oxygen atoms in total. The predicted octanol–water partition coefficient (Wildman–Crippen LogP) is 17.5. The molecule has 0 saturated carbocycles. The van der Waals surface area contributed by atoms with Gasteiger partial charge in [-0.2, -0.15) is 0 Å². The first-order valence-electron chi connectivity index (χ1n) is 24.2. The van der Waals surface area contributed by atoms with Crippen LogP contribution in [0.2, 0.25) is 0 Å². The molecule has 0 bridgehead atoms. The molecule has 0 saturated heterocycles. The zero-order chi connectivity index (χ0) is 45.7. The molecular weight excluding hydrogens is 807 g/mol. The Bertz CT molecular complexity index is 3310. The van der Waals surface area contributed by atoms with Gasteiger partial charge in [0, 0.05) is 22.4 Å². The summed E-state index contributed by atoms with van der Waals surface area (Å²) in [5.41, 5.74) is 23.8. The molecule has 9 aromatic carbocycles. The van der Waals surface area contributed by atoms with Crippen LogP contribution in [0.25, 0.3) is 44.5 Å². The highest BCUT2D eigenvalue weighted by Gasteiger charge is 2.47. The first-order valence-corrected chi connectivity index (χ1v) is 24.2. The van der Waals surface area contributed by atoms with Crippen LogP contribution >= 0.6 is 0 Å². The first-order chi connectivity index (χ1) is 32.5. The van der Waals surface area contributed by atoms with Crippen LogP contribution in [0, 0.1) is 0 Å². The van der Waals surface area contributed by atoms with Crippen molar-refractivity contribution >= 4 is 17.1 Å². The van der Waals surface area contributed by atoms with Gasteiger partial charge in [0.1, 0.15) is 0 Å². The summed E-state index contributed by atoms with van der Waals surface area (Å²) in [6.07, 6.45) is 2.34. The molecule has 0 N–H and O–H groups in total. The van der Waals surface area contributed by atoms with Crippen molar-refractivity contribution in [1.82, 2.24) is 0 Å². The second-order valence-electron chi connectivity index (χ2n) is 21.1. The van der Waals surface area contributed by atoms with Crippen LogP contribution in [0.1, 0.15) is 98.9 Å². The molecule has 67 heavy (non-hydrogen) atoms. The van der Waals surface area contributed by atoms with Gasteiger partial charge in [-0.25, -0.2) is 0 Å². The Kier molecular flexibility index (Phi) is 9.33. The lowest BCUT2D eigenvalue weighted by atomic mass is 9.63. The second kappa shape index (κ2) is 15.2. The normalized spacial score (nSPS) is 16.3. The van der Waals surface area contributed by atoms with E-state index in [4.69, 9.17) is 0 Å². The first kappa shape index (κ1) is 41.2. The SMILES string of the molecule is CC1(C)CCC(C)(C)c2cc(-c3cc4c(cc3N(c3ccc(-c5ccccc5)cc3)c3ccc5c(c3)C(C)(C)c3ccccc3-5)C(c3ccccc3)(c3ccccc3)c3ccccc3-4)ccc21. The maximum atomic E-state index is 2.58. The average molecular weight is 864 g/mol. The van der Waals surface area contributed by atoms with E-state index in [0.717, 1.165) is 23.5 Å². The molecular formula is C66H57N. The van der Waals surface area contributed by atoms with E-state index in [1.54, 1.807) is 0 Å². The van der Waals surface area contributed by atoms with E-state index in [1.807, 2.05) is 0 Å². The monoisotopic (exact) mass is 863 g/mol. The summed E-state index contributed by atoms with van der Waals surface area (Å²) >= 11 is 0. The van der Waals surface area contributed by atoms with Crippen LogP contribution in [0.5, 0.6) is 0 Å². The minimum atomic E-state index is -0.562. The minimum absolute atomic E-state index is 0.0493. The Morgan fingerprint density at radius 3 is 1.48 bits per heavy atom. The van der Waals surface area contributed by atoms with Crippen molar-refractivity contribution in [3.63, 3.8) is 0 Å². The number of fused-ring (bicyclic) bond motifs is 7. The quantitative estimate of drug-likeness (QED) is 0.154.